The zero-order chi connectivity index (χ0) is 15.5. The molecule has 0 aliphatic carbocycles. The van der Waals surface area contributed by atoms with Crippen molar-refractivity contribution in [3.05, 3.63) is 52.5 Å². The number of nitrogens with one attached hydrogen (secondary N) is 2. The first kappa shape index (κ1) is 14.3. The van der Waals surface area contributed by atoms with Gasteiger partial charge in [0.05, 0.1) is 22.5 Å². The highest BCUT2D eigenvalue weighted by molar-refractivity contribution is 7.13. The molecule has 3 rings (SSSR count). The van der Waals surface area contributed by atoms with Crippen molar-refractivity contribution in [2.45, 2.75) is 6.92 Å². The molecular formula is C15H14N4O2S. The van der Waals surface area contributed by atoms with Crippen LogP contribution < -0.4 is 10.7 Å². The summed E-state index contributed by atoms with van der Waals surface area (Å²) in [5.74, 6) is -0.562. The van der Waals surface area contributed by atoms with E-state index in [4.69, 9.17) is 0 Å². The molecule has 0 saturated heterocycles. The van der Waals surface area contributed by atoms with Gasteiger partial charge in [-0.2, -0.15) is 0 Å². The van der Waals surface area contributed by atoms with E-state index in [0.29, 0.717) is 4.88 Å². The van der Waals surface area contributed by atoms with Crippen LogP contribution in [0.15, 0.2) is 42.7 Å². The Morgan fingerprint density at radius 1 is 1.23 bits per heavy atom. The number of rotatable bonds is 4. The van der Waals surface area contributed by atoms with Crippen molar-refractivity contribution in [2.24, 2.45) is 0 Å². The fourth-order valence-corrected chi connectivity index (χ4v) is 2.81. The summed E-state index contributed by atoms with van der Waals surface area (Å²) in [5, 5.41) is 2.60. The van der Waals surface area contributed by atoms with Crippen molar-refractivity contribution < 1.29 is 9.59 Å². The molecule has 0 unspecified atom stereocenters. The van der Waals surface area contributed by atoms with Gasteiger partial charge in [0.2, 0.25) is 0 Å². The molecule has 0 bridgehead atoms. The SMILES string of the molecule is Cc1ccc(C(=O)NCC(=O)Nn2cnc3ccccc32)s1. The number of nitrogens with zero attached hydrogens (tertiary/aromatic N) is 2. The second-order valence-electron chi connectivity index (χ2n) is 4.73. The average molecular weight is 314 g/mol. The van der Waals surface area contributed by atoms with Gasteiger partial charge in [-0.1, -0.05) is 12.1 Å². The van der Waals surface area contributed by atoms with Crippen molar-refractivity contribution in [1.82, 2.24) is 15.0 Å². The molecule has 0 atom stereocenters. The molecule has 1 aromatic carbocycles. The zero-order valence-electron chi connectivity index (χ0n) is 11.9. The normalized spacial score (nSPS) is 10.6. The molecule has 0 aliphatic heterocycles. The number of hydrogen-bond donors (Lipinski definition) is 2. The van der Waals surface area contributed by atoms with Crippen LogP contribution in [-0.4, -0.2) is 28.0 Å². The van der Waals surface area contributed by atoms with Gasteiger partial charge in [0.1, 0.15) is 6.33 Å². The maximum absolute atomic E-state index is 11.9. The lowest BCUT2D eigenvalue weighted by Gasteiger charge is -2.07. The Morgan fingerprint density at radius 3 is 2.82 bits per heavy atom. The number of aromatic nitrogens is 2. The number of carbonyl (C=O) groups is 2. The van der Waals surface area contributed by atoms with Crippen LogP contribution in [-0.2, 0) is 4.79 Å². The molecule has 0 spiro atoms. The van der Waals surface area contributed by atoms with E-state index in [2.05, 4.69) is 15.7 Å². The third-order valence-corrected chi connectivity index (χ3v) is 4.07. The monoisotopic (exact) mass is 314 g/mol. The number of aryl methyl sites for hydroxylation is 1. The van der Waals surface area contributed by atoms with E-state index in [0.717, 1.165) is 15.9 Å². The number of fused-ring (bicyclic) bond motifs is 1. The molecule has 0 saturated carbocycles. The summed E-state index contributed by atoms with van der Waals surface area (Å²) in [5.41, 5.74) is 4.28. The molecule has 6 nitrogen and oxygen atoms in total. The van der Waals surface area contributed by atoms with Crippen molar-refractivity contribution in [3.8, 4) is 0 Å². The van der Waals surface area contributed by atoms with E-state index < -0.39 is 0 Å². The quantitative estimate of drug-likeness (QED) is 0.772. The van der Waals surface area contributed by atoms with Gasteiger partial charge in [0.25, 0.3) is 11.8 Å². The predicted molar refractivity (Wildman–Crippen MR) is 85.5 cm³/mol. The Kier molecular flexibility index (Phi) is 3.88. The molecule has 0 fully saturated rings. The molecule has 2 N–H and O–H groups in total. The average Bonchev–Trinajstić information content (AvgIpc) is 3.12. The fraction of sp³-hybridized carbons (Fsp3) is 0.133. The largest absolute Gasteiger partial charge is 0.342 e. The standard InChI is InChI=1S/C15H14N4O2S/c1-10-6-7-13(22-10)15(21)16-8-14(20)18-19-9-17-11-4-2-3-5-12(11)19/h2-7,9H,8H2,1H3,(H,16,21)(H,18,20). The van der Waals surface area contributed by atoms with Crippen LogP contribution in [0, 0.1) is 6.92 Å². The van der Waals surface area contributed by atoms with E-state index in [9.17, 15) is 9.59 Å². The van der Waals surface area contributed by atoms with Gasteiger partial charge < -0.3 is 5.32 Å². The highest BCUT2D eigenvalue weighted by Gasteiger charge is 2.10. The van der Waals surface area contributed by atoms with Gasteiger partial charge in [0.15, 0.2) is 0 Å². The van der Waals surface area contributed by atoms with Gasteiger partial charge in [0, 0.05) is 4.88 Å². The van der Waals surface area contributed by atoms with Crippen molar-refractivity contribution in [1.29, 1.82) is 0 Å². The second-order valence-corrected chi connectivity index (χ2v) is 6.02. The van der Waals surface area contributed by atoms with Crippen LogP contribution in [0.1, 0.15) is 14.5 Å². The minimum absolute atomic E-state index is 0.0950. The van der Waals surface area contributed by atoms with Gasteiger partial charge in [-0.3, -0.25) is 15.0 Å². The minimum Gasteiger partial charge on any atom is -0.342 e. The van der Waals surface area contributed by atoms with Crippen molar-refractivity contribution >= 4 is 34.2 Å². The van der Waals surface area contributed by atoms with Crippen LogP contribution in [0.2, 0.25) is 0 Å². The topological polar surface area (TPSA) is 76.0 Å². The minimum atomic E-state index is -0.315. The summed E-state index contributed by atoms with van der Waals surface area (Å²) in [7, 11) is 0. The van der Waals surface area contributed by atoms with E-state index in [-0.39, 0.29) is 18.4 Å². The van der Waals surface area contributed by atoms with Crippen LogP contribution >= 0.6 is 11.3 Å². The molecule has 7 heteroatoms. The highest BCUT2D eigenvalue weighted by Crippen LogP contribution is 2.14. The molecule has 0 aliphatic rings. The van der Waals surface area contributed by atoms with Gasteiger partial charge in [-0.25, -0.2) is 9.66 Å². The first-order valence-corrected chi connectivity index (χ1v) is 7.52. The van der Waals surface area contributed by atoms with E-state index >= 15 is 0 Å². The number of benzene rings is 1. The number of imidazole rings is 1. The number of amides is 2. The second kappa shape index (κ2) is 5.98. The number of para-hydroxylation sites is 2. The Morgan fingerprint density at radius 2 is 2.05 bits per heavy atom. The van der Waals surface area contributed by atoms with Crippen molar-refractivity contribution in [2.75, 3.05) is 12.0 Å². The van der Waals surface area contributed by atoms with Gasteiger partial charge in [-0.05, 0) is 31.2 Å². The molecule has 22 heavy (non-hydrogen) atoms. The third kappa shape index (κ3) is 2.99. The molecule has 2 amide bonds. The smallest absolute Gasteiger partial charge is 0.261 e. The van der Waals surface area contributed by atoms with Gasteiger partial charge in [-0.15, -0.1) is 11.3 Å². The highest BCUT2D eigenvalue weighted by atomic mass is 32.1. The van der Waals surface area contributed by atoms with Crippen LogP contribution in [0.4, 0.5) is 0 Å². The molecule has 112 valence electrons. The summed E-state index contributed by atoms with van der Waals surface area (Å²) in [4.78, 5) is 29.6. The predicted octanol–water partition coefficient (Wildman–Crippen LogP) is 1.91. The maximum Gasteiger partial charge on any atom is 0.261 e. The Bertz CT molecular complexity index is 837. The lowest BCUT2D eigenvalue weighted by molar-refractivity contribution is -0.116. The third-order valence-electron chi connectivity index (χ3n) is 3.07. The molecule has 2 aromatic heterocycles. The van der Waals surface area contributed by atoms with Crippen LogP contribution in [0.25, 0.3) is 11.0 Å². The molecule has 3 aromatic rings. The van der Waals surface area contributed by atoms with E-state index in [1.807, 2.05) is 37.3 Å². The maximum atomic E-state index is 11.9. The van der Waals surface area contributed by atoms with Crippen LogP contribution in [0.5, 0.6) is 0 Å². The summed E-state index contributed by atoms with van der Waals surface area (Å²) < 4.78 is 1.54. The Balaban J connectivity index is 1.60. The van der Waals surface area contributed by atoms with Crippen molar-refractivity contribution in [3.63, 3.8) is 0 Å². The number of hydrogen-bond acceptors (Lipinski definition) is 4. The van der Waals surface area contributed by atoms with Gasteiger partial charge >= 0.3 is 0 Å². The van der Waals surface area contributed by atoms with Crippen LogP contribution in [0.3, 0.4) is 0 Å². The summed E-state index contributed by atoms with van der Waals surface area (Å²) in [6.07, 6.45) is 1.53. The first-order chi connectivity index (χ1) is 10.6. The summed E-state index contributed by atoms with van der Waals surface area (Å²) in [6, 6.07) is 11.1. The molecule has 0 radical (unpaired) electrons. The zero-order valence-corrected chi connectivity index (χ0v) is 12.7. The number of thiophene rings is 1. The lowest BCUT2D eigenvalue weighted by Crippen LogP contribution is -2.35. The molecule has 2 heterocycles. The van der Waals surface area contributed by atoms with E-state index in [1.165, 1.54) is 17.7 Å². The Hall–Kier alpha value is -2.67. The first-order valence-electron chi connectivity index (χ1n) is 6.70. The van der Waals surface area contributed by atoms with E-state index in [1.54, 1.807) is 10.7 Å². The number of carbonyl (C=O) groups excluding carboxylic acids is 2. The molecular weight excluding hydrogens is 300 g/mol. The Labute approximate surface area is 130 Å². The summed E-state index contributed by atoms with van der Waals surface area (Å²) in [6.45, 7) is 1.83. The lowest BCUT2D eigenvalue weighted by atomic mass is 10.3. The fourth-order valence-electron chi connectivity index (χ4n) is 2.03. The summed E-state index contributed by atoms with van der Waals surface area (Å²) >= 11 is 1.40.